The summed E-state index contributed by atoms with van der Waals surface area (Å²) >= 11 is 1.44. The molecule has 0 aliphatic heterocycles. The van der Waals surface area contributed by atoms with Crippen molar-refractivity contribution < 1.29 is 38.4 Å². The van der Waals surface area contributed by atoms with Crippen LogP contribution in [-0.2, 0) is 7.05 Å². The molecule has 3 nitrogen and oxygen atoms in total. The molecule has 0 aliphatic rings. The van der Waals surface area contributed by atoms with E-state index in [1.807, 2.05) is 12.5 Å². The summed E-state index contributed by atoms with van der Waals surface area (Å²) in [6, 6.07) is 1.80. The second kappa shape index (κ2) is 5.43. The van der Waals surface area contributed by atoms with Gasteiger partial charge in [0, 0.05) is 11.0 Å². The summed E-state index contributed by atoms with van der Waals surface area (Å²) in [5.41, 5.74) is 0.354. The zero-order valence-corrected chi connectivity index (χ0v) is 10.3. The largest absolute Gasteiger partial charge is 1.00 e. The van der Waals surface area contributed by atoms with Crippen LogP contribution in [0.4, 0.5) is 0 Å². The van der Waals surface area contributed by atoms with Gasteiger partial charge in [-0.25, -0.2) is 9.36 Å². The highest BCUT2D eigenvalue weighted by atomic mass is 127. The van der Waals surface area contributed by atoms with Crippen LogP contribution in [-0.4, -0.2) is 17.3 Å². The maximum atomic E-state index is 10.7. The molecular weight excluding hydrogens is 301 g/mol. The smallest absolute Gasteiger partial charge is 0.342 e. The predicted molar refractivity (Wildman–Crippen MR) is 46.4 cm³/mol. The van der Waals surface area contributed by atoms with Gasteiger partial charge in [0.1, 0.15) is 12.6 Å². The number of pyridine rings is 1. The number of aromatic nitrogens is 1. The monoisotopic (exact) mass is 311 g/mol. The molecule has 5 heteroatoms. The number of aryl methyl sites for hydroxylation is 1. The Hall–Kier alpha value is -0.300. The average molecular weight is 311 g/mol. The van der Waals surface area contributed by atoms with Crippen molar-refractivity contribution in [1.29, 1.82) is 0 Å². The first-order valence-corrected chi connectivity index (χ1v) is 4.64. The maximum absolute atomic E-state index is 10.7. The van der Waals surface area contributed by atoms with Crippen molar-refractivity contribution in [2.24, 2.45) is 7.05 Å². The molecule has 1 heterocycles. The number of hydrogen-bond donors (Lipinski definition) is 1. The van der Waals surface area contributed by atoms with Crippen molar-refractivity contribution in [3.05, 3.63) is 24.0 Å². The summed E-state index contributed by atoms with van der Waals surface area (Å²) in [6.45, 7) is 0. The van der Waals surface area contributed by atoms with Gasteiger partial charge >= 0.3 is 5.97 Å². The van der Waals surface area contributed by atoms with Gasteiger partial charge in [-0.2, -0.15) is 0 Å². The van der Waals surface area contributed by atoms with Gasteiger partial charge in [0.25, 0.3) is 0 Å². The summed E-state index contributed by atoms with van der Waals surface area (Å²) < 4.78 is 1.73. The summed E-state index contributed by atoms with van der Waals surface area (Å²) in [4.78, 5) is 11.5. The third-order valence-corrected chi connectivity index (χ3v) is 2.31. The molecule has 0 amide bonds. The van der Waals surface area contributed by atoms with Gasteiger partial charge in [0.15, 0.2) is 12.4 Å². The molecule has 0 unspecified atom stereocenters. The molecule has 72 valence electrons. The Bertz CT molecular complexity index is 317. The third-order valence-electron chi connectivity index (χ3n) is 1.51. The van der Waals surface area contributed by atoms with E-state index in [-0.39, 0.29) is 24.0 Å². The highest BCUT2D eigenvalue weighted by Crippen LogP contribution is 2.17. The second-order valence-corrected chi connectivity index (χ2v) is 3.25. The van der Waals surface area contributed by atoms with Crippen molar-refractivity contribution in [2.45, 2.75) is 4.90 Å². The van der Waals surface area contributed by atoms with Crippen LogP contribution in [0.3, 0.4) is 0 Å². The molecule has 0 spiro atoms. The molecule has 0 fully saturated rings. The van der Waals surface area contributed by atoms with Crippen LogP contribution in [0.5, 0.6) is 0 Å². The first-order valence-electron chi connectivity index (χ1n) is 3.41. The molecule has 0 saturated heterocycles. The molecule has 1 rings (SSSR count). The molecule has 1 aromatic heterocycles. The third kappa shape index (κ3) is 3.15. The summed E-state index contributed by atoms with van der Waals surface area (Å²) in [7, 11) is 1.80. The van der Waals surface area contributed by atoms with Gasteiger partial charge in [-0.15, -0.1) is 11.8 Å². The number of rotatable bonds is 2. The number of carbonyl (C=O) groups is 1. The fourth-order valence-electron chi connectivity index (χ4n) is 0.924. The highest BCUT2D eigenvalue weighted by molar-refractivity contribution is 7.98. The summed E-state index contributed by atoms with van der Waals surface area (Å²) in [6.07, 6.45) is 5.30. The van der Waals surface area contributed by atoms with Gasteiger partial charge in [-0.05, 0) is 6.26 Å². The van der Waals surface area contributed by atoms with E-state index < -0.39 is 5.97 Å². The standard InChI is InChI=1S/C8H9NO2S.HI/c1-9-4-3-7(12-2)6(5-9)8(10)11;/h3-5H,1-2H3;1H. The normalized spacial score (nSPS) is 9.08. The number of carboxylic acid groups (broad SMARTS) is 1. The fourth-order valence-corrected chi connectivity index (χ4v) is 1.48. The molecular formula is C8H10INO2S. The van der Waals surface area contributed by atoms with Crippen molar-refractivity contribution >= 4 is 17.7 Å². The van der Waals surface area contributed by atoms with E-state index in [4.69, 9.17) is 5.11 Å². The molecule has 1 N–H and O–H groups in total. The quantitative estimate of drug-likeness (QED) is 0.388. The van der Waals surface area contributed by atoms with E-state index in [0.717, 1.165) is 4.90 Å². The number of thioether (sulfide) groups is 1. The van der Waals surface area contributed by atoms with E-state index in [2.05, 4.69) is 0 Å². The van der Waals surface area contributed by atoms with E-state index in [9.17, 15) is 4.79 Å². The first-order chi connectivity index (χ1) is 5.65. The predicted octanol–water partition coefficient (Wildman–Crippen LogP) is -2.06. The van der Waals surface area contributed by atoms with Crippen LogP contribution >= 0.6 is 11.8 Å². The molecule has 0 atom stereocenters. The Balaban J connectivity index is 0.00000144. The van der Waals surface area contributed by atoms with Crippen molar-refractivity contribution in [1.82, 2.24) is 0 Å². The number of carboxylic acids is 1. The minimum Gasteiger partial charge on any atom is -1.00 e. The number of halogens is 1. The van der Waals surface area contributed by atoms with Crippen molar-refractivity contribution in [2.75, 3.05) is 6.26 Å². The van der Waals surface area contributed by atoms with Gasteiger partial charge < -0.3 is 29.1 Å². The zero-order chi connectivity index (χ0) is 9.14. The number of hydrogen-bond acceptors (Lipinski definition) is 2. The maximum Gasteiger partial charge on any atom is 0.342 e. The highest BCUT2D eigenvalue weighted by Gasteiger charge is 2.12. The lowest BCUT2D eigenvalue weighted by molar-refractivity contribution is -0.672. The molecule has 13 heavy (non-hydrogen) atoms. The van der Waals surface area contributed by atoms with Gasteiger partial charge in [0.2, 0.25) is 0 Å². The summed E-state index contributed by atoms with van der Waals surface area (Å²) in [5, 5.41) is 8.79. The molecule has 0 aromatic carbocycles. The molecule has 0 bridgehead atoms. The van der Waals surface area contributed by atoms with Crippen LogP contribution in [0.1, 0.15) is 10.4 Å². The Labute approximate surface area is 98.2 Å². The van der Waals surface area contributed by atoms with Gasteiger partial charge in [-0.3, -0.25) is 0 Å². The Morgan fingerprint density at radius 3 is 2.69 bits per heavy atom. The number of nitrogens with zero attached hydrogens (tertiary/aromatic N) is 1. The van der Waals surface area contributed by atoms with Crippen LogP contribution < -0.4 is 28.5 Å². The van der Waals surface area contributed by atoms with E-state index in [0.29, 0.717) is 5.56 Å². The Morgan fingerprint density at radius 1 is 1.62 bits per heavy atom. The van der Waals surface area contributed by atoms with Gasteiger partial charge in [-0.1, -0.05) is 0 Å². The molecule has 0 radical (unpaired) electrons. The van der Waals surface area contributed by atoms with E-state index >= 15 is 0 Å². The van der Waals surface area contributed by atoms with Crippen molar-refractivity contribution in [3.8, 4) is 0 Å². The lowest BCUT2D eigenvalue weighted by Gasteiger charge is -1.98. The zero-order valence-electron chi connectivity index (χ0n) is 7.32. The Morgan fingerprint density at radius 2 is 2.23 bits per heavy atom. The molecule has 1 aromatic rings. The van der Waals surface area contributed by atoms with Crippen LogP contribution in [0.25, 0.3) is 0 Å². The minimum absolute atomic E-state index is 0. The SMILES string of the molecule is CSc1cc[n+](C)cc1C(=O)O.[I-]. The van der Waals surface area contributed by atoms with Gasteiger partial charge in [0.05, 0.1) is 0 Å². The average Bonchev–Trinajstić information content (AvgIpc) is 2.04. The van der Waals surface area contributed by atoms with Crippen LogP contribution in [0.2, 0.25) is 0 Å². The van der Waals surface area contributed by atoms with Crippen LogP contribution in [0, 0.1) is 0 Å². The summed E-state index contributed by atoms with van der Waals surface area (Å²) in [5.74, 6) is -0.879. The van der Waals surface area contributed by atoms with Crippen molar-refractivity contribution in [3.63, 3.8) is 0 Å². The second-order valence-electron chi connectivity index (χ2n) is 2.40. The number of aromatic carboxylic acids is 1. The topological polar surface area (TPSA) is 41.2 Å². The Kier molecular flexibility index (Phi) is 5.31. The molecule has 0 aliphatic carbocycles. The first kappa shape index (κ1) is 12.7. The van der Waals surface area contributed by atoms with E-state index in [1.54, 1.807) is 23.9 Å². The van der Waals surface area contributed by atoms with E-state index in [1.165, 1.54) is 11.8 Å². The lowest BCUT2D eigenvalue weighted by atomic mass is 10.3. The fraction of sp³-hybridized carbons (Fsp3) is 0.250. The molecule has 0 saturated carbocycles. The minimum atomic E-state index is -0.879. The lowest BCUT2D eigenvalue weighted by Crippen LogP contribution is -3.00. The van der Waals surface area contributed by atoms with Crippen LogP contribution in [0.15, 0.2) is 23.4 Å².